The third kappa shape index (κ3) is 5.00. The van der Waals surface area contributed by atoms with E-state index in [-0.39, 0.29) is 23.1 Å². The number of nitrogens with zero attached hydrogens (tertiary/aromatic N) is 1. The van der Waals surface area contributed by atoms with E-state index in [1.54, 1.807) is 6.08 Å². The van der Waals surface area contributed by atoms with E-state index in [1.165, 1.54) is 29.2 Å². The fraction of sp³-hybridized carbons (Fsp3) is 0.160. The molecule has 0 radical (unpaired) electrons. The normalized spacial score (nSPS) is 16.7. The van der Waals surface area contributed by atoms with Crippen molar-refractivity contribution in [1.29, 1.82) is 0 Å². The summed E-state index contributed by atoms with van der Waals surface area (Å²) in [6.07, 6.45) is 1.60. The number of amides is 1. The van der Waals surface area contributed by atoms with E-state index in [1.807, 2.05) is 37.3 Å². The molecule has 8 heteroatoms. The van der Waals surface area contributed by atoms with Gasteiger partial charge in [0, 0.05) is 17.8 Å². The van der Waals surface area contributed by atoms with Crippen LogP contribution in [0.3, 0.4) is 0 Å². The molecule has 0 aromatic heterocycles. The van der Waals surface area contributed by atoms with Crippen molar-refractivity contribution < 1.29 is 27.1 Å². The van der Waals surface area contributed by atoms with Crippen LogP contribution in [0.5, 0.6) is 5.75 Å². The standard InChI is InChI=1S/C25H20F4N2O2/c1-15(16-5-3-2-4-6-16)30-22-14-23(17-11-18(26)13-19(27)12-17)31(24(22)32)20-7-9-21(10-8-20)33-25(28)29/h2-15,23,25,30H,1H3/t15-,23-/m1/s1. The Kier molecular flexibility index (Phi) is 6.35. The summed E-state index contributed by atoms with van der Waals surface area (Å²) < 4.78 is 57.2. The molecule has 33 heavy (non-hydrogen) atoms. The maximum atomic E-state index is 13.9. The van der Waals surface area contributed by atoms with Crippen LogP contribution in [0.25, 0.3) is 0 Å². The third-order valence-electron chi connectivity index (χ3n) is 5.29. The van der Waals surface area contributed by atoms with Crippen LogP contribution in [-0.4, -0.2) is 12.5 Å². The zero-order chi connectivity index (χ0) is 23.5. The van der Waals surface area contributed by atoms with Crippen molar-refractivity contribution in [3.8, 4) is 5.75 Å². The van der Waals surface area contributed by atoms with Gasteiger partial charge in [-0.25, -0.2) is 8.78 Å². The summed E-state index contributed by atoms with van der Waals surface area (Å²) in [5.41, 5.74) is 1.80. The van der Waals surface area contributed by atoms with Crippen molar-refractivity contribution in [1.82, 2.24) is 5.32 Å². The minimum absolute atomic E-state index is 0.0715. The highest BCUT2D eigenvalue weighted by Gasteiger charge is 2.35. The number of halogens is 4. The first-order chi connectivity index (χ1) is 15.8. The van der Waals surface area contributed by atoms with Gasteiger partial charge in [0.15, 0.2) is 0 Å². The molecular weight excluding hydrogens is 436 g/mol. The van der Waals surface area contributed by atoms with E-state index >= 15 is 0 Å². The summed E-state index contributed by atoms with van der Waals surface area (Å²) in [6.45, 7) is -1.09. The molecule has 170 valence electrons. The number of carbonyl (C=O) groups excluding carboxylic acids is 1. The number of carbonyl (C=O) groups is 1. The lowest BCUT2D eigenvalue weighted by Gasteiger charge is -2.26. The molecule has 0 spiro atoms. The van der Waals surface area contributed by atoms with Gasteiger partial charge in [0.1, 0.15) is 17.4 Å². The molecule has 3 aromatic rings. The van der Waals surface area contributed by atoms with Gasteiger partial charge in [-0.2, -0.15) is 8.78 Å². The van der Waals surface area contributed by atoms with E-state index in [9.17, 15) is 22.4 Å². The van der Waals surface area contributed by atoms with Crippen molar-refractivity contribution in [3.63, 3.8) is 0 Å². The molecule has 1 aliphatic heterocycles. The Morgan fingerprint density at radius 2 is 1.58 bits per heavy atom. The number of benzene rings is 3. The quantitative estimate of drug-likeness (QED) is 0.451. The summed E-state index contributed by atoms with van der Waals surface area (Å²) in [5.74, 6) is -2.04. The van der Waals surface area contributed by atoms with Gasteiger partial charge in [-0.1, -0.05) is 30.3 Å². The highest BCUT2D eigenvalue weighted by molar-refractivity contribution is 6.08. The van der Waals surface area contributed by atoms with E-state index in [2.05, 4.69) is 10.1 Å². The van der Waals surface area contributed by atoms with Crippen LogP contribution < -0.4 is 15.0 Å². The van der Waals surface area contributed by atoms with Crippen molar-refractivity contribution in [3.05, 3.63) is 107 Å². The number of alkyl halides is 2. The molecule has 1 heterocycles. The van der Waals surface area contributed by atoms with Crippen molar-refractivity contribution in [2.24, 2.45) is 0 Å². The minimum atomic E-state index is -2.98. The molecule has 0 saturated heterocycles. The second kappa shape index (κ2) is 9.36. The third-order valence-corrected chi connectivity index (χ3v) is 5.29. The smallest absolute Gasteiger partial charge is 0.387 e. The Labute approximate surface area is 188 Å². The fourth-order valence-electron chi connectivity index (χ4n) is 3.79. The van der Waals surface area contributed by atoms with Crippen LogP contribution >= 0.6 is 0 Å². The highest BCUT2D eigenvalue weighted by Crippen LogP contribution is 2.37. The molecule has 1 aliphatic rings. The van der Waals surface area contributed by atoms with Gasteiger partial charge in [0.05, 0.1) is 11.7 Å². The van der Waals surface area contributed by atoms with Gasteiger partial charge in [-0.3, -0.25) is 9.69 Å². The van der Waals surface area contributed by atoms with E-state index in [0.717, 1.165) is 23.8 Å². The lowest BCUT2D eigenvalue weighted by atomic mass is 10.1. The van der Waals surface area contributed by atoms with Crippen LogP contribution in [0.15, 0.2) is 84.6 Å². The van der Waals surface area contributed by atoms with Crippen LogP contribution in [0.2, 0.25) is 0 Å². The second-order valence-corrected chi connectivity index (χ2v) is 7.55. The molecule has 3 aromatic carbocycles. The van der Waals surface area contributed by atoms with E-state index in [4.69, 9.17) is 0 Å². The average molecular weight is 456 g/mol. The maximum absolute atomic E-state index is 13.9. The summed E-state index contributed by atoms with van der Waals surface area (Å²) >= 11 is 0. The lowest BCUT2D eigenvalue weighted by molar-refractivity contribution is -0.115. The number of hydrogen-bond donors (Lipinski definition) is 1. The Balaban J connectivity index is 1.69. The highest BCUT2D eigenvalue weighted by atomic mass is 19.3. The molecule has 1 N–H and O–H groups in total. The predicted octanol–water partition coefficient (Wildman–Crippen LogP) is 5.89. The summed E-state index contributed by atoms with van der Waals surface area (Å²) in [4.78, 5) is 14.7. The minimum Gasteiger partial charge on any atom is -0.435 e. The predicted molar refractivity (Wildman–Crippen MR) is 116 cm³/mol. The molecule has 0 fully saturated rings. The Hall–Kier alpha value is -3.81. The molecular formula is C25H20F4N2O2. The summed E-state index contributed by atoms with van der Waals surface area (Å²) in [5, 5.41) is 3.17. The van der Waals surface area contributed by atoms with Crippen molar-refractivity contribution in [2.45, 2.75) is 25.6 Å². The molecule has 0 aliphatic carbocycles. The molecule has 0 saturated carbocycles. The topological polar surface area (TPSA) is 41.6 Å². The molecule has 4 rings (SSSR count). The van der Waals surface area contributed by atoms with Crippen molar-refractivity contribution >= 4 is 11.6 Å². The van der Waals surface area contributed by atoms with E-state index < -0.39 is 30.2 Å². The maximum Gasteiger partial charge on any atom is 0.387 e. The van der Waals surface area contributed by atoms with Gasteiger partial charge < -0.3 is 10.1 Å². The molecule has 0 bridgehead atoms. The van der Waals surface area contributed by atoms with Gasteiger partial charge in [0.2, 0.25) is 0 Å². The fourth-order valence-corrected chi connectivity index (χ4v) is 3.79. The van der Waals surface area contributed by atoms with E-state index in [0.29, 0.717) is 5.69 Å². The first-order valence-corrected chi connectivity index (χ1v) is 10.2. The number of nitrogens with one attached hydrogen (secondary N) is 1. The first-order valence-electron chi connectivity index (χ1n) is 10.2. The Bertz CT molecular complexity index is 1150. The number of hydrogen-bond acceptors (Lipinski definition) is 3. The molecule has 1 amide bonds. The molecule has 0 unspecified atom stereocenters. The van der Waals surface area contributed by atoms with Gasteiger partial charge in [-0.05, 0) is 60.5 Å². The van der Waals surface area contributed by atoms with Crippen LogP contribution in [0.4, 0.5) is 23.2 Å². The van der Waals surface area contributed by atoms with Crippen LogP contribution in [-0.2, 0) is 4.79 Å². The molecule has 2 atom stereocenters. The average Bonchev–Trinajstić information content (AvgIpc) is 3.10. The first kappa shape index (κ1) is 22.4. The van der Waals surface area contributed by atoms with Crippen LogP contribution in [0.1, 0.15) is 30.1 Å². The Morgan fingerprint density at radius 3 is 2.18 bits per heavy atom. The number of rotatable bonds is 7. The summed E-state index contributed by atoms with van der Waals surface area (Å²) in [7, 11) is 0. The number of ether oxygens (including phenoxy) is 1. The number of anilines is 1. The van der Waals surface area contributed by atoms with Crippen molar-refractivity contribution in [2.75, 3.05) is 4.90 Å². The van der Waals surface area contributed by atoms with Gasteiger partial charge in [-0.15, -0.1) is 0 Å². The zero-order valence-corrected chi connectivity index (χ0v) is 17.5. The lowest BCUT2D eigenvalue weighted by Crippen LogP contribution is -2.33. The van der Waals surface area contributed by atoms with Gasteiger partial charge in [0.25, 0.3) is 5.91 Å². The Morgan fingerprint density at radius 1 is 0.939 bits per heavy atom. The largest absolute Gasteiger partial charge is 0.435 e. The SMILES string of the molecule is C[C@@H](NC1=C[C@H](c2cc(F)cc(F)c2)N(c2ccc(OC(F)F)cc2)C1=O)c1ccccc1. The van der Waals surface area contributed by atoms with Crippen LogP contribution in [0, 0.1) is 11.6 Å². The molecule has 4 nitrogen and oxygen atoms in total. The summed E-state index contributed by atoms with van der Waals surface area (Å²) in [6, 6.07) is 17.0. The second-order valence-electron chi connectivity index (χ2n) is 7.55. The monoisotopic (exact) mass is 456 g/mol. The van der Waals surface area contributed by atoms with Gasteiger partial charge >= 0.3 is 6.61 Å². The zero-order valence-electron chi connectivity index (χ0n) is 17.5.